The number of carbonyl (C=O) groups is 1. The number of aryl methyl sites for hydroxylation is 1. The zero-order valence-corrected chi connectivity index (χ0v) is 31.5. The summed E-state index contributed by atoms with van der Waals surface area (Å²) in [6.45, 7) is 20.9. The molecule has 0 amide bonds. The maximum atomic E-state index is 12.2. The summed E-state index contributed by atoms with van der Waals surface area (Å²) in [6.07, 6.45) is 11.3. The van der Waals surface area contributed by atoms with Crippen LogP contribution in [0, 0.1) is 13.8 Å². The van der Waals surface area contributed by atoms with Crippen molar-refractivity contribution in [2.75, 3.05) is 26.9 Å². The first-order valence-corrected chi connectivity index (χ1v) is 18.7. The smallest absolute Gasteiger partial charge is 0.159 e. The maximum Gasteiger partial charge on any atom is 0.159 e. The van der Waals surface area contributed by atoms with Gasteiger partial charge >= 0.3 is 0 Å². The molecular weight excluding hydrogens is 610 g/mol. The van der Waals surface area contributed by atoms with Crippen LogP contribution in [0.5, 0.6) is 11.5 Å². The highest BCUT2D eigenvalue weighted by Crippen LogP contribution is 2.41. The van der Waals surface area contributed by atoms with Crippen LogP contribution in [-0.2, 0) is 22.4 Å². The number of nitrogens with zero attached hydrogens (tertiary/aromatic N) is 1. The van der Waals surface area contributed by atoms with Gasteiger partial charge in [-0.1, -0.05) is 52.0 Å². The lowest BCUT2D eigenvalue weighted by Gasteiger charge is -2.41. The minimum Gasteiger partial charge on any atom is -0.772 e. The lowest BCUT2D eigenvalue weighted by molar-refractivity contribution is -0.0217. The van der Waals surface area contributed by atoms with Gasteiger partial charge in [0.05, 0.1) is 19.8 Å². The molecule has 2 aromatic carbocycles. The molecule has 264 valence electrons. The molecule has 0 aromatic heterocycles. The monoisotopic (exact) mass is 670 g/mol. The van der Waals surface area contributed by atoms with E-state index in [0.717, 1.165) is 81.7 Å². The third kappa shape index (κ3) is 11.3. The zero-order chi connectivity index (χ0) is 35.1. The number of ketones is 1. The number of likely N-dealkylation sites (tertiary alicyclic amines) is 1. The number of piperidine rings is 1. The largest absolute Gasteiger partial charge is 0.772 e. The number of ether oxygens (including phenoxy) is 3. The molecule has 1 saturated heterocycles. The Morgan fingerprint density at radius 1 is 1.11 bits per heavy atom. The Morgan fingerprint density at radius 2 is 1.79 bits per heavy atom. The highest BCUT2D eigenvalue weighted by atomic mass is 32.2. The van der Waals surface area contributed by atoms with Gasteiger partial charge in [0, 0.05) is 47.2 Å². The van der Waals surface area contributed by atoms with Crippen molar-refractivity contribution in [3.05, 3.63) is 63.7 Å². The minimum absolute atomic E-state index is 0.0603. The molecule has 3 aliphatic rings. The summed E-state index contributed by atoms with van der Waals surface area (Å²) in [5, 5.41) is 0. The number of carbonyl (C=O) groups excluding carboxylic acids is 1. The second-order valence-corrected chi connectivity index (χ2v) is 13.8. The van der Waals surface area contributed by atoms with E-state index >= 15 is 0 Å². The van der Waals surface area contributed by atoms with E-state index in [4.69, 9.17) is 14.2 Å². The van der Waals surface area contributed by atoms with Gasteiger partial charge in [-0.15, -0.1) is 0 Å². The minimum atomic E-state index is -1.82. The molecule has 47 heavy (non-hydrogen) atoms. The molecule has 0 radical (unpaired) electrons. The van der Waals surface area contributed by atoms with Gasteiger partial charge in [-0.05, 0) is 119 Å². The molecule has 5 rings (SSSR count). The van der Waals surface area contributed by atoms with Gasteiger partial charge in [0.2, 0.25) is 0 Å². The van der Waals surface area contributed by atoms with Crippen molar-refractivity contribution in [1.82, 2.24) is 4.90 Å². The zero-order valence-electron chi connectivity index (χ0n) is 30.7. The van der Waals surface area contributed by atoms with E-state index in [9.17, 15) is 13.6 Å². The van der Waals surface area contributed by atoms with Crippen LogP contribution in [0.15, 0.2) is 30.3 Å². The molecule has 1 unspecified atom stereocenters. The fourth-order valence-electron chi connectivity index (χ4n) is 5.86. The Labute approximate surface area is 287 Å². The third-order valence-corrected chi connectivity index (χ3v) is 10.3. The number of fused-ring (bicyclic) bond motifs is 4. The van der Waals surface area contributed by atoms with Crippen molar-refractivity contribution in [1.29, 1.82) is 0 Å². The lowest BCUT2D eigenvalue weighted by atomic mass is 9.89. The van der Waals surface area contributed by atoms with Gasteiger partial charge in [-0.25, -0.2) is 0 Å². The molecule has 1 aliphatic carbocycles. The van der Waals surface area contributed by atoms with Gasteiger partial charge in [0.25, 0.3) is 0 Å². The van der Waals surface area contributed by atoms with Crippen LogP contribution in [0.1, 0.15) is 138 Å². The second-order valence-electron chi connectivity index (χ2n) is 12.3. The quantitative estimate of drug-likeness (QED) is 0.224. The lowest BCUT2D eigenvalue weighted by Crippen LogP contribution is -2.40. The van der Waals surface area contributed by atoms with Crippen LogP contribution in [0.2, 0.25) is 0 Å². The Morgan fingerprint density at radius 3 is 2.36 bits per heavy atom. The van der Waals surface area contributed by atoms with Gasteiger partial charge < -0.3 is 18.8 Å². The molecule has 1 saturated carbocycles. The highest BCUT2D eigenvalue weighted by Gasteiger charge is 2.38. The van der Waals surface area contributed by atoms with Crippen molar-refractivity contribution < 1.29 is 27.8 Å². The van der Waals surface area contributed by atoms with Crippen LogP contribution in [0.4, 0.5) is 0 Å². The van der Waals surface area contributed by atoms with Crippen molar-refractivity contribution in [3.8, 4) is 11.5 Å². The summed E-state index contributed by atoms with van der Waals surface area (Å²) >= 11 is -1.82. The van der Waals surface area contributed by atoms with Crippen LogP contribution in [0.25, 0.3) is 6.08 Å². The number of rotatable bonds is 6. The van der Waals surface area contributed by atoms with Crippen molar-refractivity contribution in [2.45, 2.75) is 131 Å². The predicted molar refractivity (Wildman–Crippen MR) is 194 cm³/mol. The van der Waals surface area contributed by atoms with Crippen LogP contribution in [0.3, 0.4) is 0 Å². The number of methoxy groups -OCH3 is 1. The first-order valence-electron chi connectivity index (χ1n) is 17.6. The van der Waals surface area contributed by atoms with E-state index < -0.39 is 11.1 Å². The van der Waals surface area contributed by atoms with E-state index in [1.54, 1.807) is 21.0 Å². The first-order chi connectivity index (χ1) is 22.6. The van der Waals surface area contributed by atoms with Crippen molar-refractivity contribution >= 4 is 22.9 Å². The van der Waals surface area contributed by atoms with Crippen LogP contribution >= 0.6 is 0 Å². The topological polar surface area (TPSA) is 88.1 Å². The molecule has 0 N–H and O–H groups in total. The van der Waals surface area contributed by atoms with Crippen molar-refractivity contribution in [2.24, 2.45) is 0 Å². The Kier molecular flexibility index (Phi) is 17.4. The summed E-state index contributed by atoms with van der Waals surface area (Å²) in [5.41, 5.74) is 6.82. The molecule has 2 heterocycles. The molecule has 2 aliphatic heterocycles. The number of hydrogen-bond donors (Lipinski definition) is 0. The normalized spacial score (nSPS) is 20.9. The molecular formula is C39H60NO6S-. The van der Waals surface area contributed by atoms with Gasteiger partial charge in [0.15, 0.2) is 5.78 Å². The average molecular weight is 671 g/mol. The molecule has 7 nitrogen and oxygen atoms in total. The van der Waals surface area contributed by atoms with E-state index in [1.165, 1.54) is 22.3 Å². The average Bonchev–Trinajstić information content (AvgIpc) is 3.84. The fourth-order valence-corrected chi connectivity index (χ4v) is 6.29. The van der Waals surface area contributed by atoms with Gasteiger partial charge in [-0.2, -0.15) is 0 Å². The Hall–Kier alpha value is -2.52. The number of benzene rings is 2. The van der Waals surface area contributed by atoms with E-state index in [-0.39, 0.29) is 22.7 Å². The molecule has 8 heteroatoms. The summed E-state index contributed by atoms with van der Waals surface area (Å²) < 4.78 is 38.4. The first kappa shape index (κ1) is 40.7. The fraction of sp³-hybridized carbons (Fsp3) is 0.615. The Balaban J connectivity index is 0.000000602. The Bertz CT molecular complexity index is 1340. The molecule has 2 bridgehead atoms. The standard InChI is InChI=1S/C31H41NO4.C4H8O2S.2C2H6/c1-6-10-26-22(3)21(2)17-30(34-5)28(26)20-32-14-13-25-19-29(32)27-12-11-24(23(4)33)18-31(27)36-16-9-7-8-15-35-25;1-4(2-3-4)7(5)6;2*1-2/h6,10-12,17-18,25,29H,7-9,13-16,19-20H2,1-5H3;2-3H2,1H3,(H,5,6);2*1-2H3/p-1/b10-6-;;;/t25-,29-;;;/m0.../s1. The predicted octanol–water partition coefficient (Wildman–Crippen LogP) is 9.30. The summed E-state index contributed by atoms with van der Waals surface area (Å²) in [6, 6.07) is 8.27. The number of hydrogen-bond acceptors (Lipinski definition) is 7. The number of allylic oxidation sites excluding steroid dienone is 1. The summed E-state index contributed by atoms with van der Waals surface area (Å²) in [7, 11) is 1.76. The SMILES string of the molecule is C/C=C\c1c(C)c(C)cc(OC)c1CN1CC[C@H]2C[C@H]1c1ccc(C(C)=O)cc1OCCCCCO2.CC.CC.CC1(S(=O)[O-])CC1. The molecule has 2 fully saturated rings. The molecule has 0 spiro atoms. The second kappa shape index (κ2) is 20.1. The van der Waals surface area contributed by atoms with E-state index in [2.05, 4.69) is 50.0 Å². The van der Waals surface area contributed by atoms with Gasteiger partial charge in [0.1, 0.15) is 11.5 Å². The van der Waals surface area contributed by atoms with Crippen LogP contribution < -0.4 is 9.47 Å². The van der Waals surface area contributed by atoms with Crippen LogP contribution in [-0.4, -0.2) is 57.2 Å². The maximum absolute atomic E-state index is 12.2. The number of Topliss-reactive ketones (excluding diaryl/α,β-unsaturated/α-hetero) is 1. The van der Waals surface area contributed by atoms with E-state index in [0.29, 0.717) is 12.2 Å². The van der Waals surface area contributed by atoms with E-state index in [1.807, 2.05) is 39.8 Å². The molecule has 2 aromatic rings. The third-order valence-electron chi connectivity index (χ3n) is 9.08. The van der Waals surface area contributed by atoms with Gasteiger partial charge in [-0.3, -0.25) is 13.9 Å². The molecule has 3 atom stereocenters. The summed E-state index contributed by atoms with van der Waals surface area (Å²) in [5.74, 6) is 1.82. The highest BCUT2D eigenvalue weighted by molar-refractivity contribution is 7.81. The van der Waals surface area contributed by atoms with Crippen molar-refractivity contribution in [3.63, 3.8) is 0 Å². The summed E-state index contributed by atoms with van der Waals surface area (Å²) in [4.78, 5) is 14.7.